The van der Waals surface area contributed by atoms with Gasteiger partial charge in [-0.3, -0.25) is 20.4 Å². The van der Waals surface area contributed by atoms with Crippen molar-refractivity contribution in [2.24, 2.45) is 0 Å². The van der Waals surface area contributed by atoms with Crippen molar-refractivity contribution in [3.05, 3.63) is 71.0 Å². The van der Waals surface area contributed by atoms with E-state index in [-0.39, 0.29) is 11.8 Å². The summed E-state index contributed by atoms with van der Waals surface area (Å²) in [5, 5.41) is 1.80. The van der Waals surface area contributed by atoms with Crippen LogP contribution in [0.3, 0.4) is 0 Å². The number of aromatic nitrogens is 2. The lowest BCUT2D eigenvalue weighted by atomic mass is 10.1. The summed E-state index contributed by atoms with van der Waals surface area (Å²) in [4.78, 5) is 31.1. The van der Waals surface area contributed by atoms with Crippen LogP contribution in [-0.4, -0.2) is 21.8 Å². The summed E-state index contributed by atoms with van der Waals surface area (Å²) in [7, 11) is 0. The third-order valence-corrected chi connectivity index (χ3v) is 4.69. The molecular formula is C20H18N4O2. The lowest BCUT2D eigenvalue weighted by Crippen LogP contribution is -2.41. The molecule has 0 aliphatic carbocycles. The van der Waals surface area contributed by atoms with Crippen molar-refractivity contribution in [3.63, 3.8) is 0 Å². The molecule has 0 saturated heterocycles. The first-order valence-electron chi connectivity index (χ1n) is 8.30. The quantitative estimate of drug-likeness (QED) is 0.419. The molecule has 0 unspecified atom stereocenters. The van der Waals surface area contributed by atoms with Crippen LogP contribution < -0.4 is 10.9 Å². The van der Waals surface area contributed by atoms with Crippen LogP contribution in [0.1, 0.15) is 32.0 Å². The van der Waals surface area contributed by atoms with Crippen LogP contribution in [0.15, 0.2) is 48.7 Å². The highest BCUT2D eigenvalue weighted by atomic mass is 16.2. The molecule has 0 fully saturated rings. The fraction of sp³-hybridized carbons (Fsp3) is 0.100. The van der Waals surface area contributed by atoms with E-state index < -0.39 is 0 Å². The van der Waals surface area contributed by atoms with Crippen molar-refractivity contribution in [3.8, 4) is 0 Å². The zero-order valence-electron chi connectivity index (χ0n) is 14.4. The van der Waals surface area contributed by atoms with Crippen molar-refractivity contribution >= 4 is 33.6 Å². The number of fused-ring (bicyclic) bond motifs is 2. The van der Waals surface area contributed by atoms with Crippen molar-refractivity contribution in [2.75, 3.05) is 0 Å². The van der Waals surface area contributed by atoms with Crippen LogP contribution in [0.4, 0.5) is 0 Å². The van der Waals surface area contributed by atoms with Gasteiger partial charge in [0.25, 0.3) is 11.8 Å². The van der Waals surface area contributed by atoms with Gasteiger partial charge in [0, 0.05) is 39.3 Å². The van der Waals surface area contributed by atoms with Crippen LogP contribution >= 0.6 is 0 Å². The largest absolute Gasteiger partial charge is 0.360 e. The van der Waals surface area contributed by atoms with Gasteiger partial charge in [-0.05, 0) is 43.7 Å². The van der Waals surface area contributed by atoms with Gasteiger partial charge in [0.15, 0.2) is 0 Å². The van der Waals surface area contributed by atoms with Crippen molar-refractivity contribution in [1.29, 1.82) is 0 Å². The molecule has 0 aliphatic rings. The third kappa shape index (κ3) is 2.61. The Morgan fingerprint density at radius 3 is 2.50 bits per heavy atom. The maximum atomic E-state index is 12.4. The topological polar surface area (TPSA) is 89.8 Å². The lowest BCUT2D eigenvalue weighted by molar-refractivity contribution is 0.0847. The average molecular weight is 346 g/mol. The van der Waals surface area contributed by atoms with Crippen LogP contribution in [0.5, 0.6) is 0 Å². The Bertz CT molecular complexity index is 1150. The summed E-state index contributed by atoms with van der Waals surface area (Å²) in [6.07, 6.45) is 1.63. The predicted octanol–water partition coefficient (Wildman–Crippen LogP) is 3.34. The summed E-state index contributed by atoms with van der Waals surface area (Å²) >= 11 is 0. The molecule has 0 bridgehead atoms. The van der Waals surface area contributed by atoms with Gasteiger partial charge in [-0.2, -0.15) is 0 Å². The molecule has 6 nitrogen and oxygen atoms in total. The van der Waals surface area contributed by atoms with E-state index >= 15 is 0 Å². The molecule has 130 valence electrons. The van der Waals surface area contributed by atoms with Crippen LogP contribution in [-0.2, 0) is 0 Å². The Balaban J connectivity index is 1.51. The number of rotatable bonds is 2. The Morgan fingerprint density at radius 2 is 1.65 bits per heavy atom. The van der Waals surface area contributed by atoms with Gasteiger partial charge in [-0.1, -0.05) is 18.2 Å². The first-order valence-corrected chi connectivity index (χ1v) is 8.30. The van der Waals surface area contributed by atoms with Crippen LogP contribution in [0.25, 0.3) is 21.8 Å². The normalized spacial score (nSPS) is 11.0. The highest BCUT2D eigenvalue weighted by molar-refractivity contribution is 6.08. The van der Waals surface area contributed by atoms with Gasteiger partial charge < -0.3 is 9.97 Å². The van der Waals surface area contributed by atoms with Crippen molar-refractivity contribution in [1.82, 2.24) is 20.8 Å². The molecular weight excluding hydrogens is 328 g/mol. The molecule has 2 amide bonds. The summed E-state index contributed by atoms with van der Waals surface area (Å²) in [5.74, 6) is -0.733. The molecule has 2 heterocycles. The zero-order chi connectivity index (χ0) is 18.3. The molecule has 4 rings (SSSR count). The monoisotopic (exact) mass is 346 g/mol. The predicted molar refractivity (Wildman–Crippen MR) is 101 cm³/mol. The Morgan fingerprint density at radius 1 is 0.885 bits per heavy atom. The Labute approximate surface area is 149 Å². The van der Waals surface area contributed by atoms with Gasteiger partial charge in [0.1, 0.15) is 0 Å². The minimum atomic E-state index is -0.370. The fourth-order valence-corrected chi connectivity index (χ4v) is 3.11. The third-order valence-electron chi connectivity index (χ3n) is 4.69. The summed E-state index contributed by atoms with van der Waals surface area (Å²) in [5.41, 5.74) is 9.96. The maximum Gasteiger partial charge on any atom is 0.271 e. The second kappa shape index (κ2) is 6.07. The number of benzene rings is 2. The second-order valence-electron chi connectivity index (χ2n) is 6.29. The minimum Gasteiger partial charge on any atom is -0.360 e. The number of hydrogen-bond donors (Lipinski definition) is 4. The van der Waals surface area contributed by atoms with Crippen molar-refractivity contribution in [2.45, 2.75) is 13.8 Å². The Hall–Kier alpha value is -3.54. The van der Waals surface area contributed by atoms with Gasteiger partial charge in [0.2, 0.25) is 0 Å². The molecule has 2 aromatic carbocycles. The molecule has 0 aliphatic heterocycles. The number of H-pyrrole nitrogens is 2. The number of para-hydroxylation sites is 1. The van der Waals surface area contributed by atoms with E-state index in [1.165, 1.54) is 0 Å². The SMILES string of the molecule is Cc1[nH]c2ccc(C(=O)NNC(=O)c3c[nH]c4ccccc34)cc2c1C. The second-order valence-corrected chi connectivity index (χ2v) is 6.29. The van der Waals surface area contributed by atoms with Crippen LogP contribution in [0, 0.1) is 13.8 Å². The molecule has 26 heavy (non-hydrogen) atoms. The number of carbonyl (C=O) groups is 2. The van der Waals surface area contributed by atoms with E-state index in [0.717, 1.165) is 33.1 Å². The molecule has 6 heteroatoms. The van der Waals surface area contributed by atoms with E-state index in [1.807, 2.05) is 50.2 Å². The van der Waals surface area contributed by atoms with E-state index in [2.05, 4.69) is 20.8 Å². The zero-order valence-corrected chi connectivity index (χ0v) is 14.4. The highest BCUT2D eigenvalue weighted by Gasteiger charge is 2.14. The van der Waals surface area contributed by atoms with Crippen molar-refractivity contribution < 1.29 is 9.59 Å². The number of nitrogens with one attached hydrogen (secondary N) is 4. The number of amides is 2. The summed E-state index contributed by atoms with van der Waals surface area (Å²) < 4.78 is 0. The van der Waals surface area contributed by atoms with E-state index in [4.69, 9.17) is 0 Å². The van der Waals surface area contributed by atoms with Gasteiger partial charge >= 0.3 is 0 Å². The molecule has 0 saturated carbocycles. The van der Waals surface area contributed by atoms with Gasteiger partial charge in [0.05, 0.1) is 5.56 Å². The average Bonchev–Trinajstić information content (AvgIpc) is 3.21. The standard InChI is InChI=1S/C20H18N4O2/c1-11-12(2)22-18-8-7-13(9-15(11)18)19(25)23-24-20(26)16-10-21-17-6-4-3-5-14(16)17/h3-10,21-22H,1-2H3,(H,23,25)(H,24,26). The van der Waals surface area contributed by atoms with E-state index in [1.54, 1.807) is 12.3 Å². The minimum absolute atomic E-state index is 0.363. The number of carbonyl (C=O) groups excluding carboxylic acids is 2. The number of aryl methyl sites for hydroxylation is 2. The van der Waals surface area contributed by atoms with E-state index in [0.29, 0.717) is 11.1 Å². The molecule has 0 atom stereocenters. The number of hydrogen-bond acceptors (Lipinski definition) is 2. The number of aromatic amines is 2. The Kier molecular flexibility index (Phi) is 3.73. The fourth-order valence-electron chi connectivity index (χ4n) is 3.11. The molecule has 4 aromatic rings. The van der Waals surface area contributed by atoms with E-state index in [9.17, 15) is 9.59 Å². The molecule has 0 spiro atoms. The maximum absolute atomic E-state index is 12.4. The first kappa shape index (κ1) is 16.0. The van der Waals surface area contributed by atoms with Gasteiger partial charge in [-0.15, -0.1) is 0 Å². The highest BCUT2D eigenvalue weighted by Crippen LogP contribution is 2.22. The molecule has 2 aromatic heterocycles. The first-order chi connectivity index (χ1) is 12.5. The smallest absolute Gasteiger partial charge is 0.271 e. The molecule has 0 radical (unpaired) electrons. The molecule has 4 N–H and O–H groups in total. The lowest BCUT2D eigenvalue weighted by Gasteiger charge is -2.07. The summed E-state index contributed by atoms with van der Waals surface area (Å²) in [6, 6.07) is 12.9. The van der Waals surface area contributed by atoms with Crippen LogP contribution in [0.2, 0.25) is 0 Å². The van der Waals surface area contributed by atoms with Gasteiger partial charge in [-0.25, -0.2) is 0 Å². The number of hydrazine groups is 1. The summed E-state index contributed by atoms with van der Waals surface area (Å²) in [6.45, 7) is 4.01.